The highest BCUT2D eigenvalue weighted by atomic mass is 16.5. The van der Waals surface area contributed by atoms with Gasteiger partial charge in [-0.2, -0.15) is 5.26 Å². The van der Waals surface area contributed by atoms with E-state index in [4.69, 9.17) is 4.74 Å². The molecule has 41 heavy (non-hydrogen) atoms. The first kappa shape index (κ1) is 27.7. The number of nitriles is 1. The van der Waals surface area contributed by atoms with Crippen LogP contribution in [0.1, 0.15) is 34.8 Å². The topological polar surface area (TPSA) is 130 Å². The van der Waals surface area contributed by atoms with E-state index in [-0.39, 0.29) is 18.9 Å². The molecule has 2 N–H and O–H groups in total. The average molecular weight is 554 g/mol. The lowest BCUT2D eigenvalue weighted by atomic mass is 9.85. The van der Waals surface area contributed by atoms with Gasteiger partial charge in [0.15, 0.2) is 6.19 Å². The van der Waals surface area contributed by atoms with Gasteiger partial charge < -0.3 is 19.4 Å². The van der Waals surface area contributed by atoms with E-state index in [0.717, 1.165) is 38.3 Å². The number of aliphatic imine (C=N–C) groups is 1. The molecule has 1 atom stereocenters. The number of fused-ring (bicyclic) bond motifs is 1. The summed E-state index contributed by atoms with van der Waals surface area (Å²) < 4.78 is 5.24. The molecule has 11 heteroatoms. The molecule has 5 rings (SSSR count). The van der Waals surface area contributed by atoms with Gasteiger partial charge in [-0.15, -0.1) is 0 Å². The van der Waals surface area contributed by atoms with Crippen molar-refractivity contribution >= 4 is 29.4 Å². The fraction of sp³-hybridized carbons (Fsp3) is 0.367. The molecule has 0 aromatic heterocycles. The lowest BCUT2D eigenvalue weighted by molar-refractivity contribution is -0.127. The number of hydrogen-bond donors (Lipinski definition) is 2. The van der Waals surface area contributed by atoms with E-state index in [9.17, 15) is 19.6 Å². The van der Waals surface area contributed by atoms with Crippen molar-refractivity contribution in [3.63, 3.8) is 0 Å². The summed E-state index contributed by atoms with van der Waals surface area (Å²) in [5, 5.41) is 14.3. The Bertz CT molecular complexity index is 1490. The fourth-order valence-electron chi connectivity index (χ4n) is 5.27. The summed E-state index contributed by atoms with van der Waals surface area (Å²) in [5.74, 6) is 5.97. The normalized spacial score (nSPS) is 20.7. The monoisotopic (exact) mass is 553 g/mol. The number of piperazine rings is 1. The van der Waals surface area contributed by atoms with Crippen molar-refractivity contribution < 1.29 is 19.1 Å². The number of nitrogens with one attached hydrogen (secondary N) is 2. The van der Waals surface area contributed by atoms with Crippen LogP contribution in [0.2, 0.25) is 0 Å². The van der Waals surface area contributed by atoms with Crippen LogP contribution >= 0.6 is 0 Å². The quantitative estimate of drug-likeness (QED) is 0.142. The van der Waals surface area contributed by atoms with Gasteiger partial charge in [0.2, 0.25) is 17.8 Å². The van der Waals surface area contributed by atoms with Crippen LogP contribution in [0.3, 0.4) is 0 Å². The zero-order valence-electron chi connectivity index (χ0n) is 23.1. The number of methoxy groups -OCH3 is 1. The number of ether oxygens (including phenoxy) is 1. The Labute approximate surface area is 238 Å². The Hall–Kier alpha value is -4.87. The van der Waals surface area contributed by atoms with Crippen LogP contribution in [0.25, 0.3) is 0 Å². The predicted octanol–water partition coefficient (Wildman–Crippen LogP) is 1.43. The highest BCUT2D eigenvalue weighted by Gasteiger charge is 2.48. The minimum Gasteiger partial charge on any atom is -0.497 e. The number of hydrogen-bond acceptors (Lipinski definition) is 7. The van der Waals surface area contributed by atoms with E-state index in [2.05, 4.69) is 44.2 Å². The van der Waals surface area contributed by atoms with Crippen molar-refractivity contribution in [2.24, 2.45) is 10.4 Å². The molecule has 0 spiro atoms. The van der Waals surface area contributed by atoms with Crippen LogP contribution in [0.5, 0.6) is 5.75 Å². The van der Waals surface area contributed by atoms with E-state index >= 15 is 0 Å². The summed E-state index contributed by atoms with van der Waals surface area (Å²) in [6.07, 6.45) is 1.85. The van der Waals surface area contributed by atoms with Crippen molar-refractivity contribution in [2.75, 3.05) is 46.4 Å². The minimum absolute atomic E-state index is 0.00966. The summed E-state index contributed by atoms with van der Waals surface area (Å²) in [7, 11) is 1.54. The number of likely N-dealkylation sites (N-methyl/N-ethyl adjacent to an activating group) is 1. The molecule has 0 radical (unpaired) electrons. The van der Waals surface area contributed by atoms with Gasteiger partial charge in [-0.1, -0.05) is 24.8 Å². The van der Waals surface area contributed by atoms with E-state index in [0.29, 0.717) is 35.1 Å². The van der Waals surface area contributed by atoms with Gasteiger partial charge in [0.25, 0.3) is 5.91 Å². The lowest BCUT2D eigenvalue weighted by Gasteiger charge is -2.35. The van der Waals surface area contributed by atoms with Crippen LogP contribution in [-0.2, 0) is 16.1 Å². The number of guanidine groups is 1. The van der Waals surface area contributed by atoms with Crippen molar-refractivity contribution in [2.45, 2.75) is 19.9 Å². The maximum atomic E-state index is 13.1. The molecule has 0 unspecified atom stereocenters. The third-order valence-electron chi connectivity index (χ3n) is 7.64. The van der Waals surface area contributed by atoms with E-state index in [1.165, 1.54) is 7.11 Å². The van der Waals surface area contributed by atoms with Crippen molar-refractivity contribution in [3.8, 4) is 23.8 Å². The first-order chi connectivity index (χ1) is 19.8. The van der Waals surface area contributed by atoms with E-state index < -0.39 is 17.2 Å². The SMILES string of the molecule is CCN1CCN(C(=Nc2ccc(C#C[C@]3(CN4Cc5ccc(OC)cc5C4=O)CC(=O)NC3=O)cc2)NC#N)CC1. The van der Waals surface area contributed by atoms with Gasteiger partial charge in [-0.05, 0) is 48.5 Å². The molecule has 3 heterocycles. The zero-order valence-corrected chi connectivity index (χ0v) is 23.1. The van der Waals surface area contributed by atoms with Crippen LogP contribution in [0.4, 0.5) is 5.69 Å². The second kappa shape index (κ2) is 11.7. The molecule has 3 aliphatic rings. The first-order valence-electron chi connectivity index (χ1n) is 13.5. The average Bonchev–Trinajstić information content (AvgIpc) is 3.45. The van der Waals surface area contributed by atoms with Gasteiger partial charge in [0.05, 0.1) is 19.2 Å². The largest absolute Gasteiger partial charge is 0.497 e. The Balaban J connectivity index is 1.34. The molecule has 2 fully saturated rings. The van der Waals surface area contributed by atoms with Crippen LogP contribution < -0.4 is 15.4 Å². The van der Waals surface area contributed by atoms with Crippen LogP contribution in [0.15, 0.2) is 47.5 Å². The van der Waals surface area contributed by atoms with Crippen molar-refractivity contribution in [1.82, 2.24) is 25.3 Å². The molecule has 3 amide bonds. The van der Waals surface area contributed by atoms with Gasteiger partial charge in [-0.25, -0.2) is 4.99 Å². The number of carbonyl (C=O) groups excluding carboxylic acids is 3. The molecule has 11 nitrogen and oxygen atoms in total. The smallest absolute Gasteiger partial charge is 0.254 e. The summed E-state index contributed by atoms with van der Waals surface area (Å²) >= 11 is 0. The third kappa shape index (κ3) is 5.86. The third-order valence-corrected chi connectivity index (χ3v) is 7.64. The number of rotatable bonds is 5. The molecular weight excluding hydrogens is 522 g/mol. The highest BCUT2D eigenvalue weighted by Crippen LogP contribution is 2.33. The molecule has 2 aromatic carbocycles. The number of imide groups is 1. The summed E-state index contributed by atoms with van der Waals surface area (Å²) in [6.45, 7) is 6.77. The highest BCUT2D eigenvalue weighted by molar-refractivity contribution is 6.08. The Morgan fingerprint density at radius 1 is 1.12 bits per heavy atom. The lowest BCUT2D eigenvalue weighted by Crippen LogP contribution is -2.51. The van der Waals surface area contributed by atoms with E-state index in [1.54, 1.807) is 41.3 Å². The van der Waals surface area contributed by atoms with Gasteiger partial charge in [0.1, 0.15) is 11.2 Å². The molecule has 0 aliphatic carbocycles. The second-order valence-corrected chi connectivity index (χ2v) is 10.2. The molecule has 210 valence electrons. The van der Waals surface area contributed by atoms with Crippen molar-refractivity contribution in [3.05, 3.63) is 59.2 Å². The maximum absolute atomic E-state index is 13.1. The fourth-order valence-corrected chi connectivity index (χ4v) is 5.27. The molecule has 0 saturated carbocycles. The second-order valence-electron chi connectivity index (χ2n) is 10.2. The molecule has 2 saturated heterocycles. The van der Waals surface area contributed by atoms with E-state index in [1.807, 2.05) is 12.3 Å². The number of carbonyl (C=O) groups is 3. The Morgan fingerprint density at radius 3 is 2.51 bits per heavy atom. The standard InChI is InChI=1S/C30H31N7O4/c1-3-35-12-14-36(15-13-35)29(32-20-31)33-23-7-4-21(5-8-23)10-11-30(17-26(38)34-28(30)40)19-37-18-22-6-9-24(41-2)16-25(22)27(37)39/h4-9,16H,3,12-15,17-19H2,1-2H3,(H,32,33)(H,34,38,40)/t30-/m1/s1. The Morgan fingerprint density at radius 2 is 1.88 bits per heavy atom. The first-order valence-corrected chi connectivity index (χ1v) is 13.5. The predicted molar refractivity (Wildman–Crippen MR) is 151 cm³/mol. The van der Waals surface area contributed by atoms with Gasteiger partial charge in [-0.3, -0.25) is 25.0 Å². The van der Waals surface area contributed by atoms with Crippen LogP contribution in [0, 0.1) is 28.7 Å². The number of nitrogens with zero attached hydrogens (tertiary/aromatic N) is 5. The van der Waals surface area contributed by atoms with Gasteiger partial charge >= 0.3 is 0 Å². The Kier molecular flexibility index (Phi) is 7.90. The summed E-state index contributed by atoms with van der Waals surface area (Å²) in [4.78, 5) is 48.9. The van der Waals surface area contributed by atoms with Crippen LogP contribution in [-0.4, -0.2) is 84.8 Å². The number of amides is 3. The summed E-state index contributed by atoms with van der Waals surface area (Å²) in [6, 6.07) is 12.4. The molecule has 2 aromatic rings. The molecule has 3 aliphatic heterocycles. The maximum Gasteiger partial charge on any atom is 0.254 e. The zero-order chi connectivity index (χ0) is 29.0. The summed E-state index contributed by atoms with van der Waals surface area (Å²) in [5.41, 5.74) is 1.26. The van der Waals surface area contributed by atoms with Crippen molar-refractivity contribution in [1.29, 1.82) is 5.26 Å². The molecular formula is C30H31N7O4. The molecule has 0 bridgehead atoms. The minimum atomic E-state index is -1.36. The van der Waals surface area contributed by atoms with Gasteiger partial charge in [0, 0.05) is 50.4 Å². The number of benzene rings is 2.